The summed E-state index contributed by atoms with van der Waals surface area (Å²) in [6.45, 7) is 1.37. The Morgan fingerprint density at radius 1 is 1.45 bits per heavy atom. The largest absolute Gasteiger partial charge is 0.484 e. The van der Waals surface area contributed by atoms with Crippen molar-refractivity contribution in [3.8, 4) is 5.75 Å². The molecule has 5 nitrogen and oxygen atoms in total. The van der Waals surface area contributed by atoms with Gasteiger partial charge < -0.3 is 15.0 Å². The highest BCUT2D eigenvalue weighted by molar-refractivity contribution is 8.76. The van der Waals surface area contributed by atoms with Crippen LogP contribution in [0.15, 0.2) is 24.3 Å². The lowest BCUT2D eigenvalue weighted by molar-refractivity contribution is -0.123. The van der Waals surface area contributed by atoms with Crippen molar-refractivity contribution < 1.29 is 14.3 Å². The van der Waals surface area contributed by atoms with Gasteiger partial charge in [0.1, 0.15) is 5.75 Å². The quantitative estimate of drug-likeness (QED) is 0.581. The topological polar surface area (TPSA) is 58.6 Å². The summed E-state index contributed by atoms with van der Waals surface area (Å²) in [5.41, 5.74) is 0.830. The molecule has 1 aliphatic rings. The van der Waals surface area contributed by atoms with Crippen molar-refractivity contribution in [3.05, 3.63) is 24.3 Å². The van der Waals surface area contributed by atoms with Gasteiger partial charge in [-0.1, -0.05) is 27.7 Å². The number of rotatable bonds is 8. The molecular formula is C15H20N2O3S2. The zero-order valence-corrected chi connectivity index (χ0v) is 14.2. The van der Waals surface area contributed by atoms with E-state index in [1.54, 1.807) is 38.6 Å². The second kappa shape index (κ2) is 8.95. The average Bonchev–Trinajstić information content (AvgIpc) is 2.96. The summed E-state index contributed by atoms with van der Waals surface area (Å²) >= 11 is 0. The number of nitrogens with zero attached hydrogens (tertiary/aromatic N) is 1. The number of anilines is 1. The van der Waals surface area contributed by atoms with Gasteiger partial charge in [0.25, 0.3) is 5.91 Å². The van der Waals surface area contributed by atoms with E-state index >= 15 is 0 Å². The van der Waals surface area contributed by atoms with Gasteiger partial charge in [-0.3, -0.25) is 9.59 Å². The number of ether oxygens (including phenoxy) is 1. The molecule has 1 fully saturated rings. The van der Waals surface area contributed by atoms with Gasteiger partial charge in [0.15, 0.2) is 6.61 Å². The van der Waals surface area contributed by atoms with Gasteiger partial charge in [0.05, 0.1) is 0 Å². The highest BCUT2D eigenvalue weighted by Gasteiger charge is 2.21. The SMILES string of the molecule is CSSCCNC(=O)COc1cccc(N2CCCC2=O)c1. The summed E-state index contributed by atoms with van der Waals surface area (Å²) in [6.07, 6.45) is 3.50. The molecule has 120 valence electrons. The zero-order valence-electron chi connectivity index (χ0n) is 12.5. The van der Waals surface area contributed by atoms with Crippen molar-refractivity contribution >= 4 is 39.1 Å². The van der Waals surface area contributed by atoms with E-state index in [1.807, 2.05) is 18.4 Å². The molecule has 0 radical (unpaired) electrons. The van der Waals surface area contributed by atoms with Crippen LogP contribution in [-0.4, -0.2) is 43.5 Å². The molecule has 1 N–H and O–H groups in total. The van der Waals surface area contributed by atoms with Crippen LogP contribution < -0.4 is 15.0 Å². The minimum Gasteiger partial charge on any atom is -0.484 e. The summed E-state index contributed by atoms with van der Waals surface area (Å²) in [5.74, 6) is 1.48. The van der Waals surface area contributed by atoms with E-state index in [-0.39, 0.29) is 18.4 Å². The Morgan fingerprint density at radius 3 is 3.05 bits per heavy atom. The number of benzene rings is 1. The van der Waals surface area contributed by atoms with Gasteiger partial charge in [-0.2, -0.15) is 0 Å². The molecule has 1 aromatic rings. The van der Waals surface area contributed by atoms with Crippen molar-refractivity contribution in [1.82, 2.24) is 5.32 Å². The number of hydrogen-bond acceptors (Lipinski definition) is 5. The van der Waals surface area contributed by atoms with Crippen molar-refractivity contribution in [2.24, 2.45) is 0 Å². The summed E-state index contributed by atoms with van der Waals surface area (Å²) in [6, 6.07) is 7.32. The molecule has 0 bridgehead atoms. The monoisotopic (exact) mass is 340 g/mol. The van der Waals surface area contributed by atoms with Gasteiger partial charge in [-0.05, 0) is 24.8 Å². The zero-order chi connectivity index (χ0) is 15.8. The van der Waals surface area contributed by atoms with Crippen LogP contribution >= 0.6 is 21.6 Å². The molecular weight excluding hydrogens is 320 g/mol. The summed E-state index contributed by atoms with van der Waals surface area (Å²) in [4.78, 5) is 25.2. The molecule has 1 heterocycles. The first-order valence-corrected chi connectivity index (χ1v) is 9.89. The Labute approximate surface area is 138 Å². The normalized spacial score (nSPS) is 14.2. The molecule has 22 heavy (non-hydrogen) atoms. The molecule has 1 aliphatic heterocycles. The minimum absolute atomic E-state index is 0.0126. The standard InChI is InChI=1S/C15H20N2O3S2/c1-21-22-9-7-16-14(18)11-20-13-5-2-4-12(10-13)17-8-3-6-15(17)19/h2,4-5,10H,3,6-9,11H2,1H3,(H,16,18). The molecule has 1 aromatic carbocycles. The van der Waals surface area contributed by atoms with Crippen LogP contribution in [0.3, 0.4) is 0 Å². The lowest BCUT2D eigenvalue weighted by Gasteiger charge is -2.16. The Balaban J connectivity index is 1.80. The number of nitrogens with one attached hydrogen (secondary N) is 1. The maximum atomic E-state index is 11.7. The van der Waals surface area contributed by atoms with E-state index in [9.17, 15) is 9.59 Å². The third-order valence-electron chi connectivity index (χ3n) is 3.20. The van der Waals surface area contributed by atoms with E-state index in [4.69, 9.17) is 4.74 Å². The Morgan fingerprint density at radius 2 is 2.32 bits per heavy atom. The van der Waals surface area contributed by atoms with E-state index in [0.29, 0.717) is 18.7 Å². The molecule has 0 aliphatic carbocycles. The Kier molecular flexibility index (Phi) is 6.92. The van der Waals surface area contributed by atoms with Gasteiger partial charge >= 0.3 is 0 Å². The second-order valence-corrected chi connectivity index (χ2v) is 7.46. The number of carbonyl (C=O) groups excluding carboxylic acids is 2. The smallest absolute Gasteiger partial charge is 0.257 e. The highest BCUT2D eigenvalue weighted by atomic mass is 33.1. The van der Waals surface area contributed by atoms with Gasteiger partial charge in [0.2, 0.25) is 5.91 Å². The number of amides is 2. The van der Waals surface area contributed by atoms with Crippen LogP contribution in [0.2, 0.25) is 0 Å². The molecule has 0 aromatic heterocycles. The molecule has 0 atom stereocenters. The first kappa shape index (κ1) is 17.0. The van der Waals surface area contributed by atoms with Crippen molar-refractivity contribution in [2.45, 2.75) is 12.8 Å². The average molecular weight is 340 g/mol. The highest BCUT2D eigenvalue weighted by Crippen LogP contribution is 2.25. The van der Waals surface area contributed by atoms with Crippen LogP contribution in [0.25, 0.3) is 0 Å². The van der Waals surface area contributed by atoms with Crippen LogP contribution in [0.4, 0.5) is 5.69 Å². The predicted octanol–water partition coefficient (Wildman–Crippen LogP) is 2.32. The summed E-state index contributed by atoms with van der Waals surface area (Å²) in [5, 5.41) is 2.80. The fourth-order valence-corrected chi connectivity index (χ4v) is 3.28. The van der Waals surface area contributed by atoms with Crippen molar-refractivity contribution in [2.75, 3.05) is 36.6 Å². The number of hydrogen-bond donors (Lipinski definition) is 1. The fraction of sp³-hybridized carbons (Fsp3) is 0.467. The summed E-state index contributed by atoms with van der Waals surface area (Å²) in [7, 11) is 3.38. The van der Waals surface area contributed by atoms with Gasteiger partial charge in [0, 0.05) is 37.0 Å². The maximum absolute atomic E-state index is 11.7. The van der Waals surface area contributed by atoms with Gasteiger partial charge in [-0.15, -0.1) is 0 Å². The van der Waals surface area contributed by atoms with E-state index in [1.165, 1.54) is 0 Å². The maximum Gasteiger partial charge on any atom is 0.257 e. The Hall–Kier alpha value is -1.34. The first-order chi connectivity index (χ1) is 10.7. The fourth-order valence-electron chi connectivity index (χ4n) is 2.18. The lowest BCUT2D eigenvalue weighted by Crippen LogP contribution is -2.30. The summed E-state index contributed by atoms with van der Waals surface area (Å²) < 4.78 is 5.50. The van der Waals surface area contributed by atoms with E-state index < -0.39 is 0 Å². The van der Waals surface area contributed by atoms with Crippen molar-refractivity contribution in [3.63, 3.8) is 0 Å². The van der Waals surface area contributed by atoms with E-state index in [0.717, 1.165) is 24.4 Å². The lowest BCUT2D eigenvalue weighted by atomic mass is 10.3. The van der Waals surface area contributed by atoms with Crippen LogP contribution in [0.1, 0.15) is 12.8 Å². The molecule has 1 saturated heterocycles. The molecule has 0 saturated carbocycles. The van der Waals surface area contributed by atoms with Gasteiger partial charge in [-0.25, -0.2) is 0 Å². The number of carbonyl (C=O) groups is 2. The molecule has 0 spiro atoms. The molecule has 2 amide bonds. The molecule has 7 heteroatoms. The third kappa shape index (κ3) is 5.14. The van der Waals surface area contributed by atoms with Crippen LogP contribution in [0, 0.1) is 0 Å². The minimum atomic E-state index is -0.135. The van der Waals surface area contributed by atoms with E-state index in [2.05, 4.69) is 5.32 Å². The van der Waals surface area contributed by atoms with Crippen LogP contribution in [-0.2, 0) is 9.59 Å². The van der Waals surface area contributed by atoms with Crippen molar-refractivity contribution in [1.29, 1.82) is 0 Å². The second-order valence-electron chi connectivity index (χ2n) is 4.77. The predicted molar refractivity (Wildman–Crippen MR) is 92.5 cm³/mol. The third-order valence-corrected chi connectivity index (χ3v) is 5.01. The molecule has 0 unspecified atom stereocenters. The molecule has 2 rings (SSSR count). The van der Waals surface area contributed by atoms with Crippen LogP contribution in [0.5, 0.6) is 5.75 Å². The Bertz CT molecular complexity index is 525. The first-order valence-electron chi connectivity index (χ1n) is 7.16.